The number of benzene rings is 2. The number of hydrogen-bond donors (Lipinski definition) is 2. The molecule has 0 unspecified atom stereocenters. The topological polar surface area (TPSA) is 67.4 Å². The lowest BCUT2D eigenvalue weighted by molar-refractivity contribution is 0.0949. The third kappa shape index (κ3) is 3.74. The number of carbonyl (C=O) groups excluding carboxylic acids is 2. The maximum absolute atomic E-state index is 12.4. The van der Waals surface area contributed by atoms with Crippen LogP contribution in [0.15, 0.2) is 42.5 Å². The predicted octanol–water partition coefficient (Wildman–Crippen LogP) is 3.15. The van der Waals surface area contributed by atoms with E-state index in [9.17, 15) is 9.59 Å². The number of amides is 2. The van der Waals surface area contributed by atoms with Crippen molar-refractivity contribution in [3.8, 4) is 5.75 Å². The van der Waals surface area contributed by atoms with Crippen LogP contribution in [0.3, 0.4) is 0 Å². The molecule has 0 radical (unpaired) electrons. The molecule has 1 aliphatic rings. The van der Waals surface area contributed by atoms with Gasteiger partial charge < -0.3 is 15.4 Å². The lowest BCUT2D eigenvalue weighted by atomic mass is 10.1. The maximum Gasteiger partial charge on any atom is 0.255 e. The molecular formula is C19H20N2O3. The van der Waals surface area contributed by atoms with Crippen molar-refractivity contribution in [2.24, 2.45) is 0 Å². The van der Waals surface area contributed by atoms with Crippen LogP contribution >= 0.6 is 0 Å². The van der Waals surface area contributed by atoms with E-state index in [-0.39, 0.29) is 11.8 Å². The normalized spacial score (nSPS) is 13.2. The fraction of sp³-hybridized carbons (Fsp3) is 0.263. The zero-order valence-electron chi connectivity index (χ0n) is 13.8. The third-order valence-electron chi connectivity index (χ3n) is 3.97. The van der Waals surface area contributed by atoms with Gasteiger partial charge in [-0.2, -0.15) is 0 Å². The molecule has 2 amide bonds. The largest absolute Gasteiger partial charge is 0.496 e. The van der Waals surface area contributed by atoms with E-state index in [0.717, 1.165) is 18.4 Å². The van der Waals surface area contributed by atoms with Crippen molar-refractivity contribution in [3.05, 3.63) is 59.2 Å². The summed E-state index contributed by atoms with van der Waals surface area (Å²) in [6, 6.07) is 12.5. The SMILES string of the molecule is COc1cc(C(=O)Nc2cccc(C(=O)NC3CC3)c2)ccc1C. The average Bonchev–Trinajstić information content (AvgIpc) is 3.39. The van der Waals surface area contributed by atoms with E-state index in [1.54, 1.807) is 43.5 Å². The van der Waals surface area contributed by atoms with Gasteiger partial charge in [-0.25, -0.2) is 0 Å². The van der Waals surface area contributed by atoms with Crippen molar-refractivity contribution in [1.29, 1.82) is 0 Å². The average molecular weight is 324 g/mol. The lowest BCUT2D eigenvalue weighted by Gasteiger charge is -2.10. The Balaban J connectivity index is 1.73. The summed E-state index contributed by atoms with van der Waals surface area (Å²) in [5.74, 6) is 0.318. The molecule has 0 saturated heterocycles. The van der Waals surface area contributed by atoms with Gasteiger partial charge in [0.1, 0.15) is 5.75 Å². The predicted molar refractivity (Wildman–Crippen MR) is 92.6 cm³/mol. The van der Waals surface area contributed by atoms with Crippen molar-refractivity contribution in [3.63, 3.8) is 0 Å². The Hall–Kier alpha value is -2.82. The van der Waals surface area contributed by atoms with E-state index in [1.165, 1.54) is 0 Å². The van der Waals surface area contributed by atoms with E-state index < -0.39 is 0 Å². The minimum atomic E-state index is -0.243. The van der Waals surface area contributed by atoms with Crippen LogP contribution in [-0.2, 0) is 0 Å². The van der Waals surface area contributed by atoms with Gasteiger partial charge in [-0.15, -0.1) is 0 Å². The summed E-state index contributed by atoms with van der Waals surface area (Å²) in [7, 11) is 1.58. The summed E-state index contributed by atoms with van der Waals surface area (Å²) < 4.78 is 5.25. The highest BCUT2D eigenvalue weighted by molar-refractivity contribution is 6.05. The minimum Gasteiger partial charge on any atom is -0.496 e. The van der Waals surface area contributed by atoms with Crippen LogP contribution in [0.25, 0.3) is 0 Å². The van der Waals surface area contributed by atoms with E-state index in [2.05, 4.69) is 10.6 Å². The van der Waals surface area contributed by atoms with Gasteiger partial charge in [0.2, 0.25) is 0 Å². The van der Waals surface area contributed by atoms with E-state index in [1.807, 2.05) is 13.0 Å². The molecule has 5 nitrogen and oxygen atoms in total. The first-order valence-corrected chi connectivity index (χ1v) is 7.94. The van der Waals surface area contributed by atoms with Crippen molar-refractivity contribution in [2.75, 3.05) is 12.4 Å². The number of ether oxygens (including phenoxy) is 1. The molecule has 2 aromatic carbocycles. The number of hydrogen-bond acceptors (Lipinski definition) is 3. The second-order valence-corrected chi connectivity index (χ2v) is 5.97. The minimum absolute atomic E-state index is 0.106. The summed E-state index contributed by atoms with van der Waals surface area (Å²) >= 11 is 0. The number of methoxy groups -OCH3 is 1. The first-order valence-electron chi connectivity index (χ1n) is 7.94. The fourth-order valence-electron chi connectivity index (χ4n) is 2.40. The molecule has 0 bridgehead atoms. The van der Waals surface area contributed by atoms with Crippen LogP contribution in [0, 0.1) is 6.92 Å². The van der Waals surface area contributed by atoms with Gasteiger partial charge in [-0.3, -0.25) is 9.59 Å². The molecule has 0 atom stereocenters. The molecule has 2 aromatic rings. The first kappa shape index (κ1) is 16.1. The van der Waals surface area contributed by atoms with Crippen molar-refractivity contribution in [2.45, 2.75) is 25.8 Å². The van der Waals surface area contributed by atoms with E-state index in [4.69, 9.17) is 4.74 Å². The van der Waals surface area contributed by atoms with Gasteiger partial charge in [0, 0.05) is 22.9 Å². The van der Waals surface area contributed by atoms with Crippen LogP contribution in [0.2, 0.25) is 0 Å². The van der Waals surface area contributed by atoms with E-state index >= 15 is 0 Å². The first-order chi connectivity index (χ1) is 11.6. The van der Waals surface area contributed by atoms with Crippen molar-refractivity contribution < 1.29 is 14.3 Å². The quantitative estimate of drug-likeness (QED) is 0.888. The van der Waals surface area contributed by atoms with Crippen LogP contribution in [0.5, 0.6) is 5.75 Å². The number of aryl methyl sites for hydroxylation is 1. The van der Waals surface area contributed by atoms with Gasteiger partial charge in [0.25, 0.3) is 11.8 Å². The molecule has 3 rings (SSSR count). The van der Waals surface area contributed by atoms with Crippen molar-refractivity contribution in [1.82, 2.24) is 5.32 Å². The molecule has 124 valence electrons. The molecule has 1 fully saturated rings. The Morgan fingerprint density at radius 3 is 2.50 bits per heavy atom. The summed E-state index contributed by atoms with van der Waals surface area (Å²) in [6.45, 7) is 1.92. The van der Waals surface area contributed by atoms with Crippen LogP contribution in [0.1, 0.15) is 39.1 Å². The highest BCUT2D eigenvalue weighted by atomic mass is 16.5. The molecule has 5 heteroatoms. The molecule has 1 saturated carbocycles. The standard InChI is InChI=1S/C19H20N2O3/c1-12-6-7-14(11-17(12)24-2)19(23)21-16-5-3-4-13(10-16)18(22)20-15-8-9-15/h3-7,10-11,15H,8-9H2,1-2H3,(H,20,22)(H,21,23). The van der Waals surface area contributed by atoms with Gasteiger partial charge in [-0.1, -0.05) is 12.1 Å². The third-order valence-corrected chi connectivity index (χ3v) is 3.97. The Labute approximate surface area is 141 Å². The van der Waals surface area contributed by atoms with Gasteiger partial charge in [0.15, 0.2) is 0 Å². The van der Waals surface area contributed by atoms with Crippen molar-refractivity contribution >= 4 is 17.5 Å². The second kappa shape index (κ2) is 6.74. The lowest BCUT2D eigenvalue weighted by Crippen LogP contribution is -2.25. The Morgan fingerprint density at radius 1 is 1.04 bits per heavy atom. The summed E-state index contributed by atoms with van der Waals surface area (Å²) in [5.41, 5.74) is 2.60. The number of rotatable bonds is 5. The maximum atomic E-state index is 12.4. The monoisotopic (exact) mass is 324 g/mol. The summed E-state index contributed by atoms with van der Waals surface area (Å²) in [4.78, 5) is 24.5. The smallest absolute Gasteiger partial charge is 0.255 e. The van der Waals surface area contributed by atoms with Gasteiger partial charge in [-0.05, 0) is 55.7 Å². The summed E-state index contributed by atoms with van der Waals surface area (Å²) in [5, 5.41) is 5.75. The Bertz CT molecular complexity index is 782. The molecule has 24 heavy (non-hydrogen) atoms. The molecule has 0 aliphatic heterocycles. The number of nitrogens with one attached hydrogen (secondary N) is 2. The van der Waals surface area contributed by atoms with Crippen LogP contribution in [-0.4, -0.2) is 25.0 Å². The number of anilines is 1. The molecular weight excluding hydrogens is 304 g/mol. The van der Waals surface area contributed by atoms with Gasteiger partial charge >= 0.3 is 0 Å². The van der Waals surface area contributed by atoms with Gasteiger partial charge in [0.05, 0.1) is 7.11 Å². The molecule has 0 aromatic heterocycles. The zero-order chi connectivity index (χ0) is 17.1. The highest BCUT2D eigenvalue weighted by Gasteiger charge is 2.23. The van der Waals surface area contributed by atoms with Crippen LogP contribution in [0.4, 0.5) is 5.69 Å². The Morgan fingerprint density at radius 2 is 1.79 bits per heavy atom. The zero-order valence-corrected chi connectivity index (χ0v) is 13.8. The summed E-state index contributed by atoms with van der Waals surface area (Å²) in [6.07, 6.45) is 2.08. The van der Waals surface area contributed by atoms with Crippen LogP contribution < -0.4 is 15.4 Å². The molecule has 0 spiro atoms. The highest BCUT2D eigenvalue weighted by Crippen LogP contribution is 2.21. The molecule has 0 heterocycles. The Kier molecular flexibility index (Phi) is 4.51. The fourth-order valence-corrected chi connectivity index (χ4v) is 2.40. The number of carbonyl (C=O) groups is 2. The second-order valence-electron chi connectivity index (χ2n) is 5.97. The molecule has 2 N–H and O–H groups in total. The molecule has 1 aliphatic carbocycles. The van der Waals surface area contributed by atoms with E-state index in [0.29, 0.717) is 28.6 Å².